The molecule has 0 aromatic heterocycles. The summed E-state index contributed by atoms with van der Waals surface area (Å²) in [5.41, 5.74) is 1.18. The van der Waals surface area contributed by atoms with E-state index >= 15 is 0 Å². The molecule has 1 aliphatic heterocycles. The maximum Gasteiger partial charge on any atom is 0.0594 e. The molecule has 1 fully saturated rings. The van der Waals surface area contributed by atoms with Crippen LogP contribution in [0.25, 0.3) is 0 Å². The average molecular weight is 252 g/mol. The molecule has 1 saturated heterocycles. The van der Waals surface area contributed by atoms with Gasteiger partial charge in [0.25, 0.3) is 0 Å². The lowest BCUT2D eigenvalue weighted by atomic mass is 10.3. The van der Waals surface area contributed by atoms with Crippen LogP contribution in [0.5, 0.6) is 0 Å². The maximum absolute atomic E-state index is 5.33. The van der Waals surface area contributed by atoms with Crippen molar-refractivity contribution >= 4 is 17.6 Å². The van der Waals surface area contributed by atoms with Crippen molar-refractivity contribution < 1.29 is 4.74 Å². The van der Waals surface area contributed by atoms with Gasteiger partial charge in [0.2, 0.25) is 0 Å². The summed E-state index contributed by atoms with van der Waals surface area (Å²) in [5, 5.41) is 0. The van der Waals surface area contributed by atoms with E-state index in [2.05, 4.69) is 33.9 Å². The normalized spacial score (nSPS) is 16.9. The van der Waals surface area contributed by atoms with Crippen LogP contribution in [0.3, 0.4) is 0 Å². The molecule has 3 nitrogen and oxygen atoms in total. The summed E-state index contributed by atoms with van der Waals surface area (Å²) in [6.07, 6.45) is 1.23. The van der Waals surface area contributed by atoms with Gasteiger partial charge in [-0.05, 0) is 25.1 Å². The van der Waals surface area contributed by atoms with Crippen molar-refractivity contribution in [3.05, 3.63) is 30.3 Å². The van der Waals surface area contributed by atoms with Crippen LogP contribution >= 0.6 is 11.9 Å². The Morgan fingerprint density at radius 3 is 2.71 bits per heavy atom. The van der Waals surface area contributed by atoms with E-state index in [4.69, 9.17) is 4.74 Å². The Bertz CT molecular complexity index is 302. The van der Waals surface area contributed by atoms with Gasteiger partial charge in [-0.1, -0.05) is 30.1 Å². The largest absolute Gasteiger partial charge is 0.379 e. The summed E-state index contributed by atoms with van der Waals surface area (Å²) in [4.78, 5) is 2.48. The fourth-order valence-electron chi connectivity index (χ4n) is 1.83. The highest BCUT2D eigenvalue weighted by Crippen LogP contribution is 2.12. The van der Waals surface area contributed by atoms with E-state index in [-0.39, 0.29) is 0 Å². The number of benzene rings is 1. The standard InChI is InChI=1S/C13H20N2OS/c1-2-5-13(6-3-1)14-17-12-4-7-15-8-10-16-11-9-15/h1-3,5-6,14H,4,7-12H2. The Morgan fingerprint density at radius 1 is 1.18 bits per heavy atom. The predicted octanol–water partition coefficient (Wildman–Crippen LogP) is 2.47. The third-order valence-electron chi connectivity index (χ3n) is 2.79. The number of morpholine rings is 1. The van der Waals surface area contributed by atoms with Crippen LogP contribution in [-0.4, -0.2) is 43.5 Å². The first-order chi connectivity index (χ1) is 8.45. The summed E-state index contributed by atoms with van der Waals surface area (Å²) in [6, 6.07) is 10.3. The number of hydrogen-bond acceptors (Lipinski definition) is 4. The second kappa shape index (κ2) is 7.58. The first-order valence-corrected chi connectivity index (χ1v) is 7.17. The highest BCUT2D eigenvalue weighted by atomic mass is 32.2. The van der Waals surface area contributed by atoms with E-state index in [1.807, 2.05) is 6.07 Å². The van der Waals surface area contributed by atoms with Gasteiger partial charge in [0.05, 0.1) is 13.2 Å². The molecule has 0 unspecified atom stereocenters. The molecular weight excluding hydrogens is 232 g/mol. The van der Waals surface area contributed by atoms with Crippen LogP contribution in [0.4, 0.5) is 5.69 Å². The minimum absolute atomic E-state index is 0.898. The van der Waals surface area contributed by atoms with Gasteiger partial charge in [-0.15, -0.1) is 0 Å². The predicted molar refractivity (Wildman–Crippen MR) is 74.4 cm³/mol. The quantitative estimate of drug-likeness (QED) is 0.621. The minimum atomic E-state index is 0.898. The van der Waals surface area contributed by atoms with Gasteiger partial charge < -0.3 is 9.46 Å². The second-order valence-electron chi connectivity index (χ2n) is 4.12. The SMILES string of the molecule is c1ccc(NSCCCN2CCOCC2)cc1. The van der Waals surface area contributed by atoms with Crippen LogP contribution < -0.4 is 4.72 Å². The first kappa shape index (κ1) is 12.7. The summed E-state index contributed by atoms with van der Waals surface area (Å²) >= 11 is 1.79. The van der Waals surface area contributed by atoms with Gasteiger partial charge in [0.1, 0.15) is 0 Å². The highest BCUT2D eigenvalue weighted by Gasteiger charge is 2.08. The highest BCUT2D eigenvalue weighted by molar-refractivity contribution is 8.00. The zero-order valence-electron chi connectivity index (χ0n) is 10.1. The second-order valence-corrected chi connectivity index (χ2v) is 5.03. The van der Waals surface area contributed by atoms with Gasteiger partial charge in [-0.2, -0.15) is 0 Å². The molecule has 1 aromatic rings. The number of anilines is 1. The molecule has 2 rings (SSSR count). The number of nitrogens with one attached hydrogen (secondary N) is 1. The van der Waals surface area contributed by atoms with Crippen LogP contribution in [-0.2, 0) is 4.74 Å². The molecule has 0 spiro atoms. The van der Waals surface area contributed by atoms with E-state index in [0.717, 1.165) is 32.1 Å². The molecule has 1 aliphatic rings. The Hall–Kier alpha value is -0.710. The molecule has 1 aromatic carbocycles. The third kappa shape index (κ3) is 4.98. The van der Waals surface area contributed by atoms with Gasteiger partial charge in [-0.3, -0.25) is 4.90 Å². The zero-order valence-corrected chi connectivity index (χ0v) is 10.9. The van der Waals surface area contributed by atoms with Gasteiger partial charge in [0, 0.05) is 24.5 Å². The minimum Gasteiger partial charge on any atom is -0.379 e. The van der Waals surface area contributed by atoms with Crippen LogP contribution in [0.2, 0.25) is 0 Å². The number of nitrogens with zero attached hydrogens (tertiary/aromatic N) is 1. The lowest BCUT2D eigenvalue weighted by Crippen LogP contribution is -2.37. The Balaban J connectivity index is 1.51. The van der Waals surface area contributed by atoms with Crippen molar-refractivity contribution in [3.63, 3.8) is 0 Å². The molecule has 0 saturated carbocycles. The molecule has 4 heteroatoms. The van der Waals surface area contributed by atoms with E-state index in [1.165, 1.54) is 18.7 Å². The number of para-hydroxylation sites is 1. The van der Waals surface area contributed by atoms with E-state index < -0.39 is 0 Å². The number of rotatable bonds is 6. The van der Waals surface area contributed by atoms with Crippen molar-refractivity contribution in [1.82, 2.24) is 4.90 Å². The molecule has 0 atom stereocenters. The molecule has 94 valence electrons. The Labute approximate surface area is 108 Å². The molecule has 0 aliphatic carbocycles. The smallest absolute Gasteiger partial charge is 0.0594 e. The van der Waals surface area contributed by atoms with Gasteiger partial charge >= 0.3 is 0 Å². The van der Waals surface area contributed by atoms with Gasteiger partial charge in [-0.25, -0.2) is 0 Å². The molecule has 0 amide bonds. The van der Waals surface area contributed by atoms with E-state index in [1.54, 1.807) is 11.9 Å². The summed E-state index contributed by atoms with van der Waals surface area (Å²) in [7, 11) is 0. The van der Waals surface area contributed by atoms with Crippen molar-refractivity contribution in [2.45, 2.75) is 6.42 Å². The fraction of sp³-hybridized carbons (Fsp3) is 0.538. The summed E-state index contributed by atoms with van der Waals surface area (Å²) in [5.74, 6) is 1.15. The molecular formula is C13H20N2OS. The lowest BCUT2D eigenvalue weighted by Gasteiger charge is -2.26. The number of ether oxygens (including phenoxy) is 1. The van der Waals surface area contributed by atoms with Crippen molar-refractivity contribution in [2.75, 3.05) is 43.3 Å². The van der Waals surface area contributed by atoms with Crippen molar-refractivity contribution in [1.29, 1.82) is 0 Å². The van der Waals surface area contributed by atoms with E-state index in [0.29, 0.717) is 0 Å². The zero-order chi connectivity index (χ0) is 11.8. The summed E-state index contributed by atoms with van der Waals surface area (Å²) in [6.45, 7) is 5.17. The molecule has 0 radical (unpaired) electrons. The summed E-state index contributed by atoms with van der Waals surface area (Å²) < 4.78 is 8.68. The Morgan fingerprint density at radius 2 is 1.94 bits per heavy atom. The maximum atomic E-state index is 5.33. The van der Waals surface area contributed by atoms with Crippen molar-refractivity contribution in [2.24, 2.45) is 0 Å². The fourth-order valence-corrected chi connectivity index (χ4v) is 2.50. The lowest BCUT2D eigenvalue weighted by molar-refractivity contribution is 0.0381. The first-order valence-electron chi connectivity index (χ1n) is 6.18. The molecule has 1 heterocycles. The topological polar surface area (TPSA) is 24.5 Å². The van der Waals surface area contributed by atoms with Crippen molar-refractivity contribution in [3.8, 4) is 0 Å². The van der Waals surface area contributed by atoms with Crippen LogP contribution in [0.15, 0.2) is 30.3 Å². The molecule has 1 N–H and O–H groups in total. The molecule has 17 heavy (non-hydrogen) atoms. The van der Waals surface area contributed by atoms with Crippen LogP contribution in [0.1, 0.15) is 6.42 Å². The third-order valence-corrected chi connectivity index (χ3v) is 3.66. The van der Waals surface area contributed by atoms with E-state index in [9.17, 15) is 0 Å². The average Bonchev–Trinajstić information content (AvgIpc) is 2.41. The monoisotopic (exact) mass is 252 g/mol. The number of hydrogen-bond donors (Lipinski definition) is 1. The Kier molecular flexibility index (Phi) is 5.68. The molecule has 0 bridgehead atoms. The van der Waals surface area contributed by atoms with Gasteiger partial charge in [0.15, 0.2) is 0 Å². The van der Waals surface area contributed by atoms with Crippen LogP contribution in [0, 0.1) is 0 Å².